The Morgan fingerprint density at radius 2 is 1.61 bits per heavy atom. The molecule has 0 aliphatic carbocycles. The van der Waals surface area contributed by atoms with E-state index in [0.29, 0.717) is 0 Å². The van der Waals surface area contributed by atoms with Crippen LogP contribution in [-0.4, -0.2) is 117 Å². The average molecular weight is 698 g/mol. The maximum absolute atomic E-state index is 13.7. The number of methoxy groups -OCH3 is 1. The second-order valence-electron chi connectivity index (χ2n) is 14.5. The van der Waals surface area contributed by atoms with Gasteiger partial charge < -0.3 is 44.3 Å². The molecule has 4 N–H and O–H groups in total. The molecular weight excluding hydrogens is 641 g/mol. The summed E-state index contributed by atoms with van der Waals surface area (Å²) in [5.41, 5.74) is -3.08. The van der Waals surface area contributed by atoms with Gasteiger partial charge in [0.1, 0.15) is 29.4 Å². The second kappa shape index (κ2) is 16.2. The van der Waals surface area contributed by atoms with E-state index in [1.54, 1.807) is 34.6 Å². The van der Waals surface area contributed by atoms with Gasteiger partial charge >= 0.3 is 5.97 Å². The number of rotatable bonds is 6. The number of benzene rings is 1. The third kappa shape index (κ3) is 8.69. The van der Waals surface area contributed by atoms with Crippen LogP contribution in [0.3, 0.4) is 0 Å². The molecule has 0 aromatic heterocycles. The summed E-state index contributed by atoms with van der Waals surface area (Å²) in [5, 5.41) is 45.8. The third-order valence-electron chi connectivity index (χ3n) is 10.8. The van der Waals surface area contributed by atoms with Crippen LogP contribution in [0.4, 0.5) is 4.39 Å². The summed E-state index contributed by atoms with van der Waals surface area (Å²) < 4.78 is 37.8. The summed E-state index contributed by atoms with van der Waals surface area (Å²) in [7, 11) is 2.94. The topological polar surface area (TPSA) is 172 Å². The summed E-state index contributed by atoms with van der Waals surface area (Å²) in [5.74, 6) is -5.95. The predicted octanol–water partition coefficient (Wildman–Crippen LogP) is 2.86. The van der Waals surface area contributed by atoms with Gasteiger partial charge in [0, 0.05) is 37.5 Å². The number of carbonyl (C=O) groups excluding carboxylic acids is 3. The van der Waals surface area contributed by atoms with E-state index in [-0.39, 0.29) is 30.6 Å². The highest BCUT2D eigenvalue weighted by Gasteiger charge is 2.52. The zero-order valence-electron chi connectivity index (χ0n) is 30.3. The Morgan fingerprint density at radius 1 is 1.02 bits per heavy atom. The number of hydrogen-bond donors (Lipinski definition) is 4. The van der Waals surface area contributed by atoms with Crippen molar-refractivity contribution in [3.8, 4) is 0 Å². The van der Waals surface area contributed by atoms with E-state index in [1.807, 2.05) is 0 Å². The predicted molar refractivity (Wildman–Crippen MR) is 177 cm³/mol. The Morgan fingerprint density at radius 3 is 2.16 bits per heavy atom. The molecule has 0 spiro atoms. The number of ketones is 1. The number of esters is 1. The zero-order valence-corrected chi connectivity index (χ0v) is 30.3. The number of Topliss-reactive ketones (excluding diaryl/α,β-unsaturated/α-hetero) is 1. The van der Waals surface area contributed by atoms with E-state index in [9.17, 15) is 39.2 Å². The molecule has 0 radical (unpaired) electrons. The van der Waals surface area contributed by atoms with Crippen molar-refractivity contribution in [1.29, 1.82) is 0 Å². The number of cyclic esters (lactones) is 1. The molecule has 13 heteroatoms. The number of aliphatic hydroxyl groups is 4. The van der Waals surface area contributed by atoms with Crippen molar-refractivity contribution < 1.29 is 58.1 Å². The van der Waals surface area contributed by atoms with E-state index in [0.717, 1.165) is 0 Å². The van der Waals surface area contributed by atoms with Crippen molar-refractivity contribution in [3.63, 3.8) is 0 Å². The van der Waals surface area contributed by atoms with Crippen molar-refractivity contribution in [1.82, 2.24) is 4.90 Å². The van der Waals surface area contributed by atoms with Gasteiger partial charge in [-0.15, -0.1) is 0 Å². The molecule has 2 fully saturated rings. The van der Waals surface area contributed by atoms with Crippen molar-refractivity contribution in [2.45, 2.75) is 135 Å². The van der Waals surface area contributed by atoms with Crippen molar-refractivity contribution >= 4 is 17.7 Å². The Labute approximate surface area is 288 Å². The summed E-state index contributed by atoms with van der Waals surface area (Å²) in [6.45, 7) is 12.7. The maximum Gasteiger partial charge on any atom is 0.311 e. The summed E-state index contributed by atoms with van der Waals surface area (Å²) in [6, 6.07) is 4.29. The highest BCUT2D eigenvalue weighted by molar-refractivity contribution is 5.94. The first kappa shape index (κ1) is 40.9. The lowest BCUT2D eigenvalue weighted by atomic mass is 9.74. The van der Waals surface area contributed by atoms with Gasteiger partial charge in [0.25, 0.3) is 5.91 Å². The molecule has 2 heterocycles. The largest absolute Gasteiger partial charge is 0.459 e. The number of amides is 1. The summed E-state index contributed by atoms with van der Waals surface area (Å²) in [6.07, 6.45) is -8.05. The molecule has 1 aromatic rings. The number of likely N-dealkylation sites (N-methyl/N-ethyl adjacent to an activating group) is 1. The van der Waals surface area contributed by atoms with E-state index in [2.05, 4.69) is 0 Å². The molecule has 12 nitrogen and oxygen atoms in total. The van der Waals surface area contributed by atoms with Gasteiger partial charge in [-0.3, -0.25) is 14.4 Å². The lowest BCUT2D eigenvalue weighted by molar-refractivity contribution is -0.300. The lowest BCUT2D eigenvalue weighted by Crippen LogP contribution is -2.61. The van der Waals surface area contributed by atoms with Crippen molar-refractivity contribution in [2.24, 2.45) is 23.7 Å². The fourth-order valence-corrected chi connectivity index (χ4v) is 7.40. The number of nitrogens with zero attached hydrogens (tertiary/aromatic N) is 1. The molecule has 14 atom stereocenters. The number of halogens is 1. The highest BCUT2D eigenvalue weighted by atomic mass is 19.1. The van der Waals surface area contributed by atoms with Crippen LogP contribution in [0.2, 0.25) is 0 Å². The third-order valence-corrected chi connectivity index (χ3v) is 10.8. The highest BCUT2D eigenvalue weighted by Crippen LogP contribution is 2.39. The molecule has 49 heavy (non-hydrogen) atoms. The molecule has 0 saturated carbocycles. The molecule has 278 valence electrons. The molecule has 3 rings (SSSR count). The minimum absolute atomic E-state index is 0.0318. The van der Waals surface area contributed by atoms with Crippen LogP contribution in [0.25, 0.3) is 0 Å². The van der Waals surface area contributed by atoms with E-state index < -0.39 is 102 Å². The van der Waals surface area contributed by atoms with Gasteiger partial charge in [0.2, 0.25) is 0 Å². The Kier molecular flexibility index (Phi) is 13.5. The number of hydrogen-bond acceptors (Lipinski definition) is 11. The molecule has 2 saturated heterocycles. The van der Waals surface area contributed by atoms with Gasteiger partial charge in [-0.1, -0.05) is 27.7 Å². The van der Waals surface area contributed by atoms with Gasteiger partial charge in [-0.25, -0.2) is 4.39 Å². The molecular formula is C36H56FNO11. The summed E-state index contributed by atoms with van der Waals surface area (Å²) in [4.78, 5) is 41.8. The standard InChI is InChI=1S/C36H56FNO11/c1-11-26-36(8,45)30(42)20(4)27(39)18(2)17-35(7,46-10)31(21(5)28(40)22(6)33(44)48-26)49-34-29(41)25(16-19(3)47-34)38(9)32(43)23-12-14-24(37)15-13-23/h12-15,18-22,25-26,28-31,34,40-42,45H,11,16-17H2,1-10H3/t18-,19-,20+,21+,22-,25+,26-,28+,29-,30-,31-,34+,35?,36-/m1/s1. The first-order valence-corrected chi connectivity index (χ1v) is 17.1. The number of carbonyl (C=O) groups is 3. The van der Waals surface area contributed by atoms with Crippen LogP contribution >= 0.6 is 0 Å². The first-order chi connectivity index (χ1) is 22.7. The number of aliphatic hydroxyl groups excluding tert-OH is 3. The molecule has 2 aliphatic heterocycles. The number of ether oxygens (including phenoxy) is 4. The van der Waals surface area contributed by atoms with Crippen molar-refractivity contribution in [3.05, 3.63) is 35.6 Å². The fraction of sp³-hybridized carbons (Fsp3) is 0.750. The minimum atomic E-state index is -1.97. The van der Waals surface area contributed by atoms with Crippen LogP contribution < -0.4 is 0 Å². The molecule has 1 unspecified atom stereocenters. The Bertz CT molecular complexity index is 1290. The smallest absolute Gasteiger partial charge is 0.311 e. The quantitative estimate of drug-likeness (QED) is 0.322. The van der Waals surface area contributed by atoms with Gasteiger partial charge in [0.15, 0.2) is 6.29 Å². The fourth-order valence-electron chi connectivity index (χ4n) is 7.40. The monoisotopic (exact) mass is 697 g/mol. The van der Waals surface area contributed by atoms with Gasteiger partial charge in [0.05, 0.1) is 42.0 Å². The van der Waals surface area contributed by atoms with Crippen LogP contribution in [0.5, 0.6) is 0 Å². The molecule has 1 amide bonds. The SMILES string of the molecule is CC[C@H]1OC(=O)[C@H](C)[C@@H](O)[C@H](C)[C@@H](O[C@@H]2O[C@H](C)C[C@H](N(C)C(=O)c3ccc(F)cc3)[C@H]2O)C(C)(OC)C[C@@H](C)C(=O)[C@H](C)[C@@H](O)[C@]1(C)O. The molecule has 1 aromatic carbocycles. The van der Waals surface area contributed by atoms with Crippen LogP contribution in [0, 0.1) is 29.5 Å². The van der Waals surface area contributed by atoms with Crippen LogP contribution in [-0.2, 0) is 28.5 Å². The normalized spacial score (nSPS) is 41.4. The zero-order chi connectivity index (χ0) is 37.2. The average Bonchev–Trinajstić information content (AvgIpc) is 3.07. The van der Waals surface area contributed by atoms with Gasteiger partial charge in [-0.05, 0) is 71.2 Å². The van der Waals surface area contributed by atoms with Crippen LogP contribution in [0.1, 0.15) is 85.0 Å². The van der Waals surface area contributed by atoms with Crippen LogP contribution in [0.15, 0.2) is 24.3 Å². The molecule has 0 bridgehead atoms. The maximum atomic E-state index is 13.7. The second-order valence-corrected chi connectivity index (χ2v) is 14.5. The Balaban J connectivity index is 2.03. The minimum Gasteiger partial charge on any atom is -0.459 e. The lowest BCUT2D eigenvalue weighted by Gasteiger charge is -2.48. The first-order valence-electron chi connectivity index (χ1n) is 17.1. The van der Waals surface area contributed by atoms with Crippen molar-refractivity contribution in [2.75, 3.05) is 14.2 Å². The summed E-state index contributed by atoms with van der Waals surface area (Å²) >= 11 is 0. The Hall–Kier alpha value is -2.52. The van der Waals surface area contributed by atoms with E-state index in [4.69, 9.17) is 18.9 Å². The van der Waals surface area contributed by atoms with E-state index in [1.165, 1.54) is 64.1 Å². The molecule has 2 aliphatic rings. The van der Waals surface area contributed by atoms with E-state index >= 15 is 0 Å². The van der Waals surface area contributed by atoms with Gasteiger partial charge in [-0.2, -0.15) is 0 Å².